The van der Waals surface area contributed by atoms with Crippen molar-refractivity contribution in [2.75, 3.05) is 25.4 Å². The fourth-order valence-corrected chi connectivity index (χ4v) is 4.50. The Morgan fingerprint density at radius 1 is 1.18 bits per heavy atom. The highest BCUT2D eigenvalue weighted by molar-refractivity contribution is 9.10. The summed E-state index contributed by atoms with van der Waals surface area (Å²) in [5, 5.41) is 0.906. The standard InChI is InChI=1S/C18H17BrClF2N3O2S/c1-24(2)5-6-25-10-18(12-4-3-11(20)7-17(12)25)28(26,27)23-16-9-14(21)13(19)8-15(16)22/h3-4,7-10,23H,5-6H2,1-2H3. The van der Waals surface area contributed by atoms with Gasteiger partial charge in [0.25, 0.3) is 10.0 Å². The molecule has 3 rings (SSSR count). The summed E-state index contributed by atoms with van der Waals surface area (Å²) >= 11 is 8.94. The number of hydrogen-bond acceptors (Lipinski definition) is 3. The van der Waals surface area contributed by atoms with E-state index in [1.54, 1.807) is 22.8 Å². The van der Waals surface area contributed by atoms with Crippen LogP contribution in [0.15, 0.2) is 45.9 Å². The van der Waals surface area contributed by atoms with Crippen molar-refractivity contribution in [2.45, 2.75) is 11.4 Å². The van der Waals surface area contributed by atoms with Crippen molar-refractivity contribution < 1.29 is 17.2 Å². The number of nitrogens with zero attached hydrogens (tertiary/aromatic N) is 2. The predicted octanol–water partition coefficient (Wildman–Crippen LogP) is 4.70. The average molecular weight is 493 g/mol. The number of hydrogen-bond donors (Lipinski definition) is 1. The number of nitrogens with one attached hydrogen (secondary N) is 1. The summed E-state index contributed by atoms with van der Waals surface area (Å²) in [6.45, 7) is 1.20. The molecular formula is C18H17BrClF2N3O2S. The van der Waals surface area contributed by atoms with Crippen molar-refractivity contribution in [3.8, 4) is 0 Å². The molecule has 1 aromatic heterocycles. The van der Waals surface area contributed by atoms with Crippen LogP contribution >= 0.6 is 27.5 Å². The van der Waals surface area contributed by atoms with E-state index >= 15 is 0 Å². The molecule has 0 spiro atoms. The Labute approximate surface area is 175 Å². The highest BCUT2D eigenvalue weighted by Gasteiger charge is 2.23. The van der Waals surface area contributed by atoms with Gasteiger partial charge >= 0.3 is 0 Å². The Hall–Kier alpha value is -1.68. The van der Waals surface area contributed by atoms with Crippen molar-refractivity contribution in [3.63, 3.8) is 0 Å². The maximum Gasteiger partial charge on any atom is 0.264 e. The molecule has 0 radical (unpaired) electrons. The zero-order valence-electron chi connectivity index (χ0n) is 15.0. The second-order valence-electron chi connectivity index (χ2n) is 6.50. The van der Waals surface area contributed by atoms with Gasteiger partial charge in [-0.25, -0.2) is 17.2 Å². The topological polar surface area (TPSA) is 54.3 Å². The van der Waals surface area contributed by atoms with Crippen LogP contribution in [0.1, 0.15) is 0 Å². The molecule has 28 heavy (non-hydrogen) atoms. The van der Waals surface area contributed by atoms with Crippen molar-refractivity contribution in [3.05, 3.63) is 57.7 Å². The summed E-state index contributed by atoms with van der Waals surface area (Å²) in [6, 6.07) is 6.51. The third-order valence-corrected chi connectivity index (χ3v) is 6.38. The molecule has 3 aromatic rings. The fourth-order valence-electron chi connectivity index (χ4n) is 2.74. The van der Waals surface area contributed by atoms with Crippen LogP contribution in [-0.4, -0.2) is 38.5 Å². The van der Waals surface area contributed by atoms with E-state index in [2.05, 4.69) is 20.7 Å². The molecule has 0 unspecified atom stereocenters. The summed E-state index contributed by atoms with van der Waals surface area (Å²) in [6.07, 6.45) is 1.47. The largest absolute Gasteiger partial charge is 0.345 e. The Kier molecular flexibility index (Phi) is 6.00. The summed E-state index contributed by atoms with van der Waals surface area (Å²) in [5.41, 5.74) is 0.168. The third-order valence-electron chi connectivity index (χ3n) is 4.14. The number of aromatic nitrogens is 1. The quantitative estimate of drug-likeness (QED) is 0.508. The van der Waals surface area contributed by atoms with Gasteiger partial charge in [0.1, 0.15) is 16.5 Å². The molecule has 0 saturated heterocycles. The van der Waals surface area contributed by atoms with E-state index in [1.165, 1.54) is 6.20 Å². The Bertz CT molecular complexity index is 1150. The van der Waals surface area contributed by atoms with E-state index in [9.17, 15) is 17.2 Å². The van der Waals surface area contributed by atoms with Gasteiger partial charge in [-0.15, -0.1) is 0 Å². The maximum absolute atomic E-state index is 14.1. The Morgan fingerprint density at radius 3 is 2.57 bits per heavy atom. The highest BCUT2D eigenvalue weighted by atomic mass is 79.9. The first-order chi connectivity index (χ1) is 13.1. The van der Waals surface area contributed by atoms with Crippen LogP contribution in [0, 0.1) is 11.6 Å². The van der Waals surface area contributed by atoms with Crippen LogP contribution < -0.4 is 4.72 Å². The van der Waals surface area contributed by atoms with Gasteiger partial charge in [-0.1, -0.05) is 11.6 Å². The molecular weight excluding hydrogens is 476 g/mol. The summed E-state index contributed by atoms with van der Waals surface area (Å²) in [7, 11) is -0.361. The zero-order valence-corrected chi connectivity index (χ0v) is 18.2. The molecule has 0 aliphatic rings. The number of fused-ring (bicyclic) bond motifs is 1. The molecule has 150 valence electrons. The van der Waals surface area contributed by atoms with Crippen LogP contribution in [-0.2, 0) is 16.6 Å². The maximum atomic E-state index is 14.1. The lowest BCUT2D eigenvalue weighted by atomic mass is 10.2. The van der Waals surface area contributed by atoms with E-state index in [1.807, 2.05) is 19.0 Å². The van der Waals surface area contributed by atoms with Gasteiger partial charge in [0.15, 0.2) is 0 Å². The molecule has 2 aromatic carbocycles. The molecule has 0 aliphatic carbocycles. The summed E-state index contributed by atoms with van der Waals surface area (Å²) in [5.74, 6) is -1.67. The molecule has 0 saturated carbocycles. The van der Waals surface area contributed by atoms with Gasteiger partial charge in [0.05, 0.1) is 15.7 Å². The van der Waals surface area contributed by atoms with Gasteiger partial charge in [0.2, 0.25) is 0 Å². The van der Waals surface area contributed by atoms with E-state index in [-0.39, 0.29) is 9.37 Å². The van der Waals surface area contributed by atoms with Gasteiger partial charge in [-0.2, -0.15) is 0 Å². The first-order valence-corrected chi connectivity index (χ1v) is 10.8. The molecule has 0 amide bonds. The molecule has 0 atom stereocenters. The number of sulfonamides is 1. The number of rotatable bonds is 6. The Morgan fingerprint density at radius 2 is 1.89 bits per heavy atom. The van der Waals surface area contributed by atoms with Gasteiger partial charge in [-0.05, 0) is 54.3 Å². The van der Waals surface area contributed by atoms with Crippen molar-refractivity contribution in [2.24, 2.45) is 0 Å². The molecule has 1 N–H and O–H groups in total. The minimum absolute atomic E-state index is 0.0411. The number of benzene rings is 2. The summed E-state index contributed by atoms with van der Waals surface area (Å²) < 4.78 is 57.5. The Balaban J connectivity index is 2.08. The van der Waals surface area contributed by atoms with Gasteiger partial charge in [0, 0.05) is 35.8 Å². The van der Waals surface area contributed by atoms with Crippen molar-refractivity contribution in [1.29, 1.82) is 0 Å². The second-order valence-corrected chi connectivity index (χ2v) is 9.44. The highest BCUT2D eigenvalue weighted by Crippen LogP contribution is 2.31. The van der Waals surface area contributed by atoms with Crippen LogP contribution in [0.2, 0.25) is 5.02 Å². The minimum Gasteiger partial charge on any atom is -0.345 e. The lowest BCUT2D eigenvalue weighted by molar-refractivity contribution is 0.386. The number of anilines is 1. The van der Waals surface area contributed by atoms with Gasteiger partial charge < -0.3 is 9.47 Å². The van der Waals surface area contributed by atoms with E-state index < -0.39 is 27.3 Å². The molecule has 5 nitrogen and oxygen atoms in total. The molecule has 1 heterocycles. The molecule has 0 aliphatic heterocycles. The number of halogens is 4. The van der Waals surface area contributed by atoms with Crippen LogP contribution in [0.4, 0.5) is 14.5 Å². The average Bonchev–Trinajstić information content (AvgIpc) is 2.96. The third kappa shape index (κ3) is 4.32. The van der Waals surface area contributed by atoms with E-state index in [0.29, 0.717) is 29.0 Å². The number of likely N-dealkylation sites (N-methyl/N-ethyl adjacent to an activating group) is 1. The smallest absolute Gasteiger partial charge is 0.264 e. The monoisotopic (exact) mass is 491 g/mol. The fraction of sp³-hybridized carbons (Fsp3) is 0.222. The van der Waals surface area contributed by atoms with Crippen LogP contribution in [0.25, 0.3) is 10.9 Å². The molecule has 0 bridgehead atoms. The normalized spacial score (nSPS) is 12.1. The van der Waals surface area contributed by atoms with Crippen LogP contribution in [0.3, 0.4) is 0 Å². The zero-order chi connectivity index (χ0) is 20.6. The first kappa shape index (κ1) is 21.0. The second kappa shape index (κ2) is 7.98. The summed E-state index contributed by atoms with van der Waals surface area (Å²) in [4.78, 5) is 1.92. The molecule has 0 fully saturated rings. The minimum atomic E-state index is -4.17. The molecule has 10 heteroatoms. The van der Waals surface area contributed by atoms with E-state index in [4.69, 9.17) is 11.6 Å². The van der Waals surface area contributed by atoms with Crippen molar-refractivity contribution >= 4 is 54.1 Å². The van der Waals surface area contributed by atoms with E-state index in [0.717, 1.165) is 12.1 Å². The lowest BCUT2D eigenvalue weighted by Crippen LogP contribution is -2.18. The van der Waals surface area contributed by atoms with Crippen LogP contribution in [0.5, 0.6) is 0 Å². The predicted molar refractivity (Wildman–Crippen MR) is 110 cm³/mol. The SMILES string of the molecule is CN(C)CCn1cc(S(=O)(=O)Nc2cc(F)c(Br)cc2F)c2ccc(Cl)cc21. The van der Waals surface area contributed by atoms with Crippen molar-refractivity contribution in [1.82, 2.24) is 9.47 Å². The lowest BCUT2D eigenvalue weighted by Gasteiger charge is -2.11. The first-order valence-electron chi connectivity index (χ1n) is 8.19. The van der Waals surface area contributed by atoms with Gasteiger partial charge in [-0.3, -0.25) is 4.72 Å².